The SMILES string of the molecule is COc1cc(C#N)cc(C=CCSC(C)=O)c1O. The fourth-order valence-electron chi connectivity index (χ4n) is 1.32. The normalized spacial score (nSPS) is 10.3. The molecule has 0 aliphatic carbocycles. The molecule has 0 aliphatic heterocycles. The summed E-state index contributed by atoms with van der Waals surface area (Å²) in [5.41, 5.74) is 0.901. The number of nitriles is 1. The van der Waals surface area contributed by atoms with E-state index in [2.05, 4.69) is 0 Å². The van der Waals surface area contributed by atoms with Crippen molar-refractivity contribution >= 4 is 23.0 Å². The van der Waals surface area contributed by atoms with Crippen LogP contribution in [0, 0.1) is 11.3 Å². The lowest BCUT2D eigenvalue weighted by Crippen LogP contribution is -1.88. The molecule has 0 saturated carbocycles. The van der Waals surface area contributed by atoms with Crippen LogP contribution >= 0.6 is 11.8 Å². The van der Waals surface area contributed by atoms with Gasteiger partial charge in [0, 0.05) is 24.3 Å². The van der Waals surface area contributed by atoms with Crippen molar-refractivity contribution in [3.05, 3.63) is 29.3 Å². The molecule has 0 atom stereocenters. The highest BCUT2D eigenvalue weighted by atomic mass is 32.2. The van der Waals surface area contributed by atoms with E-state index in [4.69, 9.17) is 10.00 Å². The maximum atomic E-state index is 10.7. The molecule has 0 saturated heterocycles. The van der Waals surface area contributed by atoms with Crippen LogP contribution < -0.4 is 4.74 Å². The van der Waals surface area contributed by atoms with Gasteiger partial charge in [0.05, 0.1) is 18.7 Å². The van der Waals surface area contributed by atoms with Gasteiger partial charge in [0.15, 0.2) is 16.6 Å². The van der Waals surface area contributed by atoms with Gasteiger partial charge < -0.3 is 9.84 Å². The Labute approximate surface area is 110 Å². The number of methoxy groups -OCH3 is 1. The summed E-state index contributed by atoms with van der Waals surface area (Å²) >= 11 is 1.17. The highest BCUT2D eigenvalue weighted by Gasteiger charge is 2.08. The Morgan fingerprint density at radius 1 is 1.61 bits per heavy atom. The predicted molar refractivity (Wildman–Crippen MR) is 71.5 cm³/mol. The van der Waals surface area contributed by atoms with Crippen LogP contribution in [0.15, 0.2) is 18.2 Å². The summed E-state index contributed by atoms with van der Waals surface area (Å²) in [7, 11) is 1.43. The lowest BCUT2D eigenvalue weighted by molar-refractivity contribution is -0.109. The average Bonchev–Trinajstić information content (AvgIpc) is 2.36. The van der Waals surface area contributed by atoms with Crippen molar-refractivity contribution in [3.63, 3.8) is 0 Å². The fourth-order valence-corrected chi connectivity index (χ4v) is 1.74. The number of nitrogens with zero attached hydrogens (tertiary/aromatic N) is 1. The van der Waals surface area contributed by atoms with E-state index in [0.29, 0.717) is 16.9 Å². The van der Waals surface area contributed by atoms with Crippen LogP contribution in [0.5, 0.6) is 11.5 Å². The van der Waals surface area contributed by atoms with Crippen LogP contribution in [0.2, 0.25) is 0 Å². The van der Waals surface area contributed by atoms with Crippen molar-refractivity contribution in [1.29, 1.82) is 5.26 Å². The van der Waals surface area contributed by atoms with Gasteiger partial charge >= 0.3 is 0 Å². The number of thioether (sulfide) groups is 1. The standard InChI is InChI=1S/C13H13NO3S/c1-9(15)18-5-3-4-11-6-10(8-14)7-12(17-2)13(11)16/h3-4,6-7,16H,5H2,1-2H3. The second kappa shape index (κ2) is 6.72. The van der Waals surface area contributed by atoms with Gasteiger partial charge in [0.25, 0.3) is 0 Å². The summed E-state index contributed by atoms with van der Waals surface area (Å²) in [4.78, 5) is 10.7. The lowest BCUT2D eigenvalue weighted by Gasteiger charge is -2.06. The molecule has 1 rings (SSSR count). The van der Waals surface area contributed by atoms with E-state index in [0.717, 1.165) is 0 Å². The summed E-state index contributed by atoms with van der Waals surface area (Å²) in [6.45, 7) is 1.50. The number of carbonyl (C=O) groups excluding carboxylic acids is 1. The van der Waals surface area contributed by atoms with E-state index in [1.54, 1.807) is 18.2 Å². The fraction of sp³-hybridized carbons (Fsp3) is 0.231. The molecular weight excluding hydrogens is 250 g/mol. The first kappa shape index (κ1) is 14.1. The molecule has 0 bridgehead atoms. The van der Waals surface area contributed by atoms with Gasteiger partial charge in [-0.25, -0.2) is 0 Å². The molecule has 18 heavy (non-hydrogen) atoms. The van der Waals surface area contributed by atoms with Gasteiger partial charge in [-0.05, 0) is 6.07 Å². The Kier molecular flexibility index (Phi) is 5.28. The molecule has 0 radical (unpaired) electrons. The van der Waals surface area contributed by atoms with Gasteiger partial charge in [-0.2, -0.15) is 5.26 Å². The maximum absolute atomic E-state index is 10.7. The average molecular weight is 263 g/mol. The number of phenolic OH excluding ortho intramolecular Hbond substituents is 1. The number of aromatic hydroxyl groups is 1. The molecular formula is C13H13NO3S. The Hall–Kier alpha value is -1.93. The second-order valence-corrected chi connectivity index (χ2v) is 4.63. The van der Waals surface area contributed by atoms with Crippen molar-refractivity contribution in [2.45, 2.75) is 6.92 Å². The third-order valence-electron chi connectivity index (χ3n) is 2.13. The molecule has 0 spiro atoms. The molecule has 0 unspecified atom stereocenters. The summed E-state index contributed by atoms with van der Waals surface area (Å²) < 4.78 is 4.98. The van der Waals surface area contributed by atoms with E-state index in [1.807, 2.05) is 6.07 Å². The molecule has 1 aromatic rings. The van der Waals surface area contributed by atoms with Gasteiger partial charge in [-0.3, -0.25) is 4.79 Å². The number of hydrogen-bond acceptors (Lipinski definition) is 5. The number of hydrogen-bond donors (Lipinski definition) is 1. The Balaban J connectivity index is 2.94. The summed E-state index contributed by atoms with van der Waals surface area (Å²) in [6.07, 6.45) is 3.41. The van der Waals surface area contributed by atoms with Crippen molar-refractivity contribution in [3.8, 4) is 17.6 Å². The monoisotopic (exact) mass is 263 g/mol. The van der Waals surface area contributed by atoms with Gasteiger partial charge in [0.1, 0.15) is 0 Å². The van der Waals surface area contributed by atoms with Gasteiger partial charge in [-0.15, -0.1) is 0 Å². The minimum absolute atomic E-state index is 0.0134. The summed E-state index contributed by atoms with van der Waals surface area (Å²) in [6, 6.07) is 5.03. The van der Waals surface area contributed by atoms with E-state index in [-0.39, 0.29) is 16.6 Å². The summed E-state index contributed by atoms with van der Waals surface area (Å²) in [5, 5.41) is 18.7. The molecule has 0 aliphatic rings. The van der Waals surface area contributed by atoms with Crippen molar-refractivity contribution < 1.29 is 14.6 Å². The zero-order chi connectivity index (χ0) is 13.5. The first-order valence-corrected chi connectivity index (χ1v) is 6.18. The Morgan fingerprint density at radius 3 is 2.89 bits per heavy atom. The number of ether oxygens (including phenoxy) is 1. The van der Waals surface area contributed by atoms with Crippen LogP contribution in [-0.2, 0) is 4.79 Å². The largest absolute Gasteiger partial charge is 0.504 e. The molecule has 1 aromatic carbocycles. The molecule has 94 valence electrons. The number of carbonyl (C=O) groups is 1. The molecule has 5 heteroatoms. The lowest BCUT2D eigenvalue weighted by atomic mass is 10.1. The molecule has 0 aromatic heterocycles. The Bertz CT molecular complexity index is 518. The first-order valence-electron chi connectivity index (χ1n) is 5.19. The van der Waals surface area contributed by atoms with Crippen LogP contribution in [-0.4, -0.2) is 23.1 Å². The molecule has 4 nitrogen and oxygen atoms in total. The third-order valence-corrected chi connectivity index (χ3v) is 2.90. The van der Waals surface area contributed by atoms with Crippen LogP contribution in [0.4, 0.5) is 0 Å². The number of rotatable bonds is 4. The van der Waals surface area contributed by atoms with Crippen molar-refractivity contribution in [2.24, 2.45) is 0 Å². The van der Waals surface area contributed by atoms with Crippen LogP contribution in [0.25, 0.3) is 6.08 Å². The highest BCUT2D eigenvalue weighted by molar-refractivity contribution is 8.13. The minimum Gasteiger partial charge on any atom is -0.504 e. The maximum Gasteiger partial charge on any atom is 0.186 e. The zero-order valence-corrected chi connectivity index (χ0v) is 11.0. The number of benzene rings is 1. The van der Waals surface area contributed by atoms with E-state index < -0.39 is 0 Å². The van der Waals surface area contributed by atoms with Crippen molar-refractivity contribution in [1.82, 2.24) is 0 Å². The molecule has 0 fully saturated rings. The minimum atomic E-state index is -0.0134. The predicted octanol–water partition coefficient (Wildman–Crippen LogP) is 2.57. The molecule has 0 amide bonds. The summed E-state index contributed by atoms with van der Waals surface area (Å²) in [5.74, 6) is 0.766. The highest BCUT2D eigenvalue weighted by Crippen LogP contribution is 2.32. The van der Waals surface area contributed by atoms with Crippen LogP contribution in [0.1, 0.15) is 18.1 Å². The topological polar surface area (TPSA) is 70.3 Å². The van der Waals surface area contributed by atoms with E-state index in [1.165, 1.54) is 31.9 Å². The zero-order valence-electron chi connectivity index (χ0n) is 10.1. The van der Waals surface area contributed by atoms with Crippen molar-refractivity contribution in [2.75, 3.05) is 12.9 Å². The molecule has 1 N–H and O–H groups in total. The smallest absolute Gasteiger partial charge is 0.186 e. The Morgan fingerprint density at radius 2 is 2.33 bits per heavy atom. The van der Waals surface area contributed by atoms with Gasteiger partial charge in [0.2, 0.25) is 0 Å². The second-order valence-electron chi connectivity index (χ2n) is 3.43. The van der Waals surface area contributed by atoms with E-state index in [9.17, 15) is 9.90 Å². The number of phenols is 1. The van der Waals surface area contributed by atoms with Crippen LogP contribution in [0.3, 0.4) is 0 Å². The van der Waals surface area contributed by atoms with Gasteiger partial charge in [-0.1, -0.05) is 23.9 Å². The third kappa shape index (κ3) is 3.82. The van der Waals surface area contributed by atoms with E-state index >= 15 is 0 Å². The quantitative estimate of drug-likeness (QED) is 0.904. The first-order chi connectivity index (χ1) is 8.58. The molecule has 0 heterocycles.